The molecule has 0 heterocycles. The van der Waals surface area contributed by atoms with Gasteiger partial charge in [-0.1, -0.05) is 12.1 Å². The van der Waals surface area contributed by atoms with Crippen LogP contribution in [0.5, 0.6) is 0 Å². The molecular formula is C9H13NO2. The minimum Gasteiger partial charge on any atom is -0.399 e. The molecule has 1 aromatic rings. The van der Waals surface area contributed by atoms with E-state index in [2.05, 4.69) is 0 Å². The zero-order chi connectivity index (χ0) is 9.14. The molecule has 0 aliphatic carbocycles. The normalized spacial score (nSPS) is 10.7. The number of nitrogen functional groups attached to an aromatic ring is 1. The molecular weight excluding hydrogens is 154 g/mol. The molecule has 0 amide bonds. The van der Waals surface area contributed by atoms with E-state index < -0.39 is 6.29 Å². The van der Waals surface area contributed by atoms with Crippen LogP contribution in [0.25, 0.3) is 0 Å². The van der Waals surface area contributed by atoms with Crippen LogP contribution in [-0.4, -0.2) is 16.5 Å². The van der Waals surface area contributed by atoms with Gasteiger partial charge in [0.05, 0.1) is 0 Å². The van der Waals surface area contributed by atoms with Crippen molar-refractivity contribution in [3.05, 3.63) is 29.3 Å². The predicted molar refractivity (Wildman–Crippen MR) is 47.5 cm³/mol. The fourth-order valence-corrected chi connectivity index (χ4v) is 1.12. The number of benzene rings is 1. The Morgan fingerprint density at radius 1 is 1.42 bits per heavy atom. The summed E-state index contributed by atoms with van der Waals surface area (Å²) < 4.78 is 0. The Bertz CT molecular complexity index is 271. The number of hydrogen-bond donors (Lipinski definition) is 3. The molecule has 0 radical (unpaired) electrons. The maximum absolute atomic E-state index is 8.74. The van der Waals surface area contributed by atoms with Crippen LogP contribution in [0.1, 0.15) is 11.1 Å². The van der Waals surface area contributed by atoms with Crippen LogP contribution in [0.3, 0.4) is 0 Å². The van der Waals surface area contributed by atoms with Crippen molar-refractivity contribution in [2.45, 2.75) is 19.6 Å². The lowest BCUT2D eigenvalue weighted by Crippen LogP contribution is -2.09. The molecule has 12 heavy (non-hydrogen) atoms. The van der Waals surface area contributed by atoms with Gasteiger partial charge in [-0.3, -0.25) is 0 Å². The summed E-state index contributed by atoms with van der Waals surface area (Å²) in [6.45, 7) is 1.87. The van der Waals surface area contributed by atoms with Gasteiger partial charge in [-0.2, -0.15) is 0 Å². The molecule has 0 saturated carbocycles. The SMILES string of the molecule is Cc1c(N)cccc1CC(O)O. The van der Waals surface area contributed by atoms with E-state index in [1.807, 2.05) is 13.0 Å². The first-order chi connectivity index (χ1) is 5.61. The van der Waals surface area contributed by atoms with Gasteiger partial charge in [-0.25, -0.2) is 0 Å². The van der Waals surface area contributed by atoms with Crippen LogP contribution in [0.2, 0.25) is 0 Å². The Morgan fingerprint density at radius 2 is 2.08 bits per heavy atom. The second-order valence-corrected chi connectivity index (χ2v) is 2.82. The molecule has 0 bridgehead atoms. The standard InChI is InChI=1S/C9H13NO2/c1-6-7(5-9(11)12)3-2-4-8(6)10/h2-4,9,11-12H,5,10H2,1H3. The van der Waals surface area contributed by atoms with E-state index in [1.165, 1.54) is 0 Å². The average Bonchev–Trinajstić information content (AvgIpc) is 1.98. The van der Waals surface area contributed by atoms with Crippen LogP contribution in [0.4, 0.5) is 5.69 Å². The Labute approximate surface area is 71.5 Å². The molecule has 0 fully saturated rings. The zero-order valence-electron chi connectivity index (χ0n) is 6.99. The Balaban J connectivity index is 2.92. The van der Waals surface area contributed by atoms with Crippen molar-refractivity contribution in [2.24, 2.45) is 0 Å². The lowest BCUT2D eigenvalue weighted by molar-refractivity contribution is -0.0382. The van der Waals surface area contributed by atoms with E-state index in [-0.39, 0.29) is 6.42 Å². The van der Waals surface area contributed by atoms with E-state index in [0.717, 1.165) is 11.1 Å². The van der Waals surface area contributed by atoms with Crippen LogP contribution in [-0.2, 0) is 6.42 Å². The summed E-state index contributed by atoms with van der Waals surface area (Å²) in [5.41, 5.74) is 8.12. The van der Waals surface area contributed by atoms with Crippen LogP contribution < -0.4 is 5.73 Å². The van der Waals surface area contributed by atoms with Gasteiger partial charge in [0.1, 0.15) is 0 Å². The summed E-state index contributed by atoms with van der Waals surface area (Å²) in [5, 5.41) is 17.5. The van der Waals surface area contributed by atoms with Crippen LogP contribution >= 0.6 is 0 Å². The van der Waals surface area contributed by atoms with E-state index in [0.29, 0.717) is 5.69 Å². The lowest BCUT2D eigenvalue weighted by atomic mass is 10.0. The van der Waals surface area contributed by atoms with Gasteiger partial charge in [0.25, 0.3) is 0 Å². The second kappa shape index (κ2) is 3.56. The van der Waals surface area contributed by atoms with Crippen molar-refractivity contribution < 1.29 is 10.2 Å². The highest BCUT2D eigenvalue weighted by Gasteiger charge is 2.04. The van der Waals surface area contributed by atoms with E-state index in [4.69, 9.17) is 15.9 Å². The molecule has 1 rings (SSSR count). The smallest absolute Gasteiger partial charge is 0.155 e. The fourth-order valence-electron chi connectivity index (χ4n) is 1.12. The number of hydrogen-bond acceptors (Lipinski definition) is 3. The molecule has 0 aliphatic heterocycles. The van der Waals surface area contributed by atoms with Gasteiger partial charge in [0, 0.05) is 12.1 Å². The first kappa shape index (κ1) is 9.03. The minimum absolute atomic E-state index is 0.233. The number of aliphatic hydroxyl groups excluding tert-OH is 1. The quantitative estimate of drug-likeness (QED) is 0.442. The Kier molecular flexibility index (Phi) is 2.68. The van der Waals surface area contributed by atoms with Crippen LogP contribution in [0, 0.1) is 6.92 Å². The molecule has 0 aromatic heterocycles. The molecule has 1 aromatic carbocycles. The topological polar surface area (TPSA) is 66.5 Å². The molecule has 3 heteroatoms. The number of rotatable bonds is 2. The minimum atomic E-state index is -1.30. The van der Waals surface area contributed by atoms with Crippen molar-refractivity contribution >= 4 is 5.69 Å². The third-order valence-electron chi connectivity index (χ3n) is 1.89. The molecule has 3 nitrogen and oxygen atoms in total. The molecule has 0 spiro atoms. The van der Waals surface area contributed by atoms with Gasteiger partial charge in [0.15, 0.2) is 6.29 Å². The molecule has 4 N–H and O–H groups in total. The third-order valence-corrected chi connectivity index (χ3v) is 1.89. The number of nitrogens with two attached hydrogens (primary N) is 1. The van der Waals surface area contributed by atoms with Crippen molar-refractivity contribution in [3.8, 4) is 0 Å². The largest absolute Gasteiger partial charge is 0.399 e. The van der Waals surface area contributed by atoms with E-state index in [9.17, 15) is 0 Å². The number of aliphatic hydroxyl groups is 2. The molecule has 66 valence electrons. The summed E-state index contributed by atoms with van der Waals surface area (Å²) in [7, 11) is 0. The summed E-state index contributed by atoms with van der Waals surface area (Å²) in [6.07, 6.45) is -1.07. The van der Waals surface area contributed by atoms with Gasteiger partial charge >= 0.3 is 0 Å². The summed E-state index contributed by atoms with van der Waals surface area (Å²) in [4.78, 5) is 0. The maximum atomic E-state index is 8.74. The summed E-state index contributed by atoms with van der Waals surface area (Å²) in [6, 6.07) is 5.44. The van der Waals surface area contributed by atoms with Gasteiger partial charge in [-0.15, -0.1) is 0 Å². The monoisotopic (exact) mass is 167 g/mol. The first-order valence-corrected chi connectivity index (χ1v) is 3.81. The first-order valence-electron chi connectivity index (χ1n) is 3.81. The molecule has 0 atom stereocenters. The Morgan fingerprint density at radius 3 is 2.67 bits per heavy atom. The molecule has 0 saturated heterocycles. The van der Waals surface area contributed by atoms with Crippen LogP contribution in [0.15, 0.2) is 18.2 Å². The molecule has 0 aliphatic rings. The second-order valence-electron chi connectivity index (χ2n) is 2.82. The van der Waals surface area contributed by atoms with Gasteiger partial charge in [-0.05, 0) is 24.1 Å². The van der Waals surface area contributed by atoms with Crippen molar-refractivity contribution in [3.63, 3.8) is 0 Å². The molecule has 0 unspecified atom stereocenters. The van der Waals surface area contributed by atoms with Crippen molar-refractivity contribution in [1.82, 2.24) is 0 Å². The average molecular weight is 167 g/mol. The van der Waals surface area contributed by atoms with E-state index in [1.54, 1.807) is 12.1 Å². The number of anilines is 1. The van der Waals surface area contributed by atoms with E-state index >= 15 is 0 Å². The van der Waals surface area contributed by atoms with Crippen molar-refractivity contribution in [1.29, 1.82) is 0 Å². The Hall–Kier alpha value is -1.06. The van der Waals surface area contributed by atoms with Gasteiger partial charge < -0.3 is 15.9 Å². The third kappa shape index (κ3) is 1.96. The highest BCUT2D eigenvalue weighted by molar-refractivity contribution is 5.49. The predicted octanol–water partition coefficient (Wildman–Crippen LogP) is 0.430. The zero-order valence-corrected chi connectivity index (χ0v) is 6.99. The fraction of sp³-hybridized carbons (Fsp3) is 0.333. The highest BCUT2D eigenvalue weighted by Crippen LogP contribution is 2.16. The van der Waals surface area contributed by atoms with Crippen molar-refractivity contribution in [2.75, 3.05) is 5.73 Å². The summed E-state index contributed by atoms with van der Waals surface area (Å²) in [5.74, 6) is 0. The maximum Gasteiger partial charge on any atom is 0.155 e. The summed E-state index contributed by atoms with van der Waals surface area (Å²) >= 11 is 0. The highest BCUT2D eigenvalue weighted by atomic mass is 16.5. The van der Waals surface area contributed by atoms with Gasteiger partial charge in [0.2, 0.25) is 0 Å². The lowest BCUT2D eigenvalue weighted by Gasteiger charge is -2.08.